The van der Waals surface area contributed by atoms with Crippen LogP contribution in [0.25, 0.3) is 0 Å². The molecular formula is C83H101ClF2N10O20S2. The van der Waals surface area contributed by atoms with Crippen LogP contribution in [0, 0.1) is 23.5 Å². The zero-order valence-electron chi connectivity index (χ0n) is 66.5. The highest BCUT2D eigenvalue weighted by Crippen LogP contribution is 2.48. The molecule has 6 heterocycles. The maximum absolute atomic E-state index is 14.5. The van der Waals surface area contributed by atoms with E-state index < -0.39 is 167 Å². The van der Waals surface area contributed by atoms with Crippen LogP contribution in [0.5, 0.6) is 11.5 Å². The highest BCUT2D eigenvalue weighted by molar-refractivity contribution is 7.91. The minimum atomic E-state index is -3.93. The van der Waals surface area contributed by atoms with E-state index in [1.54, 1.807) is 95.7 Å². The number of alkyl carbamates (subject to hydrolysis) is 1. The molecule has 6 N–H and O–H groups in total. The summed E-state index contributed by atoms with van der Waals surface area (Å²) in [4.78, 5) is 153. The quantitative estimate of drug-likeness (QED) is 0.0350. The molecule has 35 heteroatoms. The van der Waals surface area contributed by atoms with E-state index in [2.05, 4.69) is 30.7 Å². The van der Waals surface area contributed by atoms with Crippen molar-refractivity contribution in [2.75, 3.05) is 27.3 Å². The fraction of sp³-hybridized carbons (Fsp3) is 0.530. The summed E-state index contributed by atoms with van der Waals surface area (Å²) >= 11 is 5.22. The van der Waals surface area contributed by atoms with Crippen molar-refractivity contribution in [3.63, 3.8) is 0 Å². The van der Waals surface area contributed by atoms with Crippen molar-refractivity contribution in [3.8, 4) is 11.5 Å². The zero-order chi connectivity index (χ0) is 84.6. The van der Waals surface area contributed by atoms with Crippen LogP contribution in [0.4, 0.5) is 23.2 Å². The predicted molar refractivity (Wildman–Crippen MR) is 424 cm³/mol. The van der Waals surface area contributed by atoms with E-state index in [1.807, 2.05) is 36.4 Å². The number of rotatable bonds is 16. The SMILES string of the molecule is CC(C)(C)OC(=O)N[C@H]1CCCCC/C=C\[C@@H]2C[C@@]2(C(=O)NS(=O)(=O)C2CC2)NC(=O)C2C[C@@H](OC(=O)N3Cc4cccc(F)c4C3)CN2C1=O.COc1ccc(CC(=O)Cl)cc1.COc1ccc(CC(=O)N[C@H]2CCCCC/C=C\[C@@H]3C[C@@]3(C(=O)NS(=O)(=O)C3CC3)NC(=O)C3C[C@@H](OC(=O)N4Cc5cccc(F)c5C4)CN3C2=O)cc1. The number of hydrogen-bond donors (Lipinski definition) is 6. The van der Waals surface area contributed by atoms with Gasteiger partial charge in [-0.1, -0.05) is 98.5 Å². The molecule has 14 rings (SSSR count). The first-order chi connectivity index (χ1) is 56.1. The molecule has 0 radical (unpaired) electrons. The van der Waals surface area contributed by atoms with E-state index in [9.17, 15) is 78.4 Å². The number of amides is 10. The monoisotopic (exact) mass is 1690 g/mol. The number of carbonyl (C=O) groups excluding carboxylic acids is 11. The van der Waals surface area contributed by atoms with E-state index in [4.69, 9.17) is 35.3 Å². The first-order valence-corrected chi connectivity index (χ1v) is 43.5. The van der Waals surface area contributed by atoms with Crippen molar-refractivity contribution >= 4 is 96.5 Å². The van der Waals surface area contributed by atoms with Gasteiger partial charge in [-0.05, 0) is 168 Å². The molecule has 10 amide bonds. The van der Waals surface area contributed by atoms with Gasteiger partial charge in [0.25, 0.3) is 11.8 Å². The van der Waals surface area contributed by atoms with Crippen LogP contribution in [0.2, 0.25) is 0 Å². The van der Waals surface area contributed by atoms with Crippen LogP contribution in [-0.4, -0.2) is 192 Å². The van der Waals surface area contributed by atoms with Crippen molar-refractivity contribution in [2.45, 2.75) is 239 Å². The van der Waals surface area contributed by atoms with Gasteiger partial charge in [-0.2, -0.15) is 0 Å². The lowest BCUT2D eigenvalue weighted by Gasteiger charge is -2.30. The summed E-state index contributed by atoms with van der Waals surface area (Å²) in [6, 6.07) is 18.9. The molecule has 4 saturated carbocycles. The number of carbonyl (C=O) groups is 11. The molecule has 2 unspecified atom stereocenters. The van der Waals surface area contributed by atoms with Gasteiger partial charge in [-0.25, -0.2) is 40.0 Å². The van der Waals surface area contributed by atoms with Gasteiger partial charge in [0.15, 0.2) is 0 Å². The molecule has 10 aliphatic rings. The highest BCUT2D eigenvalue weighted by atomic mass is 35.5. The number of hydrogen-bond acceptors (Lipinski definition) is 20. The maximum atomic E-state index is 14.5. The number of ether oxygens (including phenoxy) is 5. The van der Waals surface area contributed by atoms with Crippen molar-refractivity contribution in [2.24, 2.45) is 11.8 Å². The Bertz CT molecular complexity index is 4800. The lowest BCUT2D eigenvalue weighted by molar-refractivity contribution is -0.142. The Morgan fingerprint density at radius 2 is 0.958 bits per heavy atom. The van der Waals surface area contributed by atoms with Crippen LogP contribution < -0.4 is 40.2 Å². The van der Waals surface area contributed by atoms with Gasteiger partial charge < -0.3 is 54.8 Å². The number of nitrogens with zero attached hydrogens (tertiary/aromatic N) is 4. The third-order valence-corrected chi connectivity index (χ3v) is 26.4. The second kappa shape index (κ2) is 37.0. The Balaban J connectivity index is 0.000000190. The predicted octanol–water partition coefficient (Wildman–Crippen LogP) is 8.13. The highest BCUT2D eigenvalue weighted by Gasteiger charge is 2.64. The van der Waals surface area contributed by atoms with E-state index in [0.717, 1.165) is 37.0 Å². The fourth-order valence-corrected chi connectivity index (χ4v) is 18.6. The molecule has 30 nitrogen and oxygen atoms in total. The average Bonchev–Trinajstić information content (AvgIpc) is 1.58. The minimum absolute atomic E-state index is 0.00127. The summed E-state index contributed by atoms with van der Waals surface area (Å²) < 4.78 is 112. The molecule has 4 aromatic carbocycles. The molecule has 4 aromatic rings. The first-order valence-electron chi connectivity index (χ1n) is 40.0. The first kappa shape index (κ1) is 87.1. The van der Waals surface area contributed by atoms with Gasteiger partial charge in [0, 0.05) is 55.3 Å². The summed E-state index contributed by atoms with van der Waals surface area (Å²) in [6.45, 7) is 4.96. The number of nitrogens with one attached hydrogen (secondary N) is 6. The number of sulfonamides is 2. The summed E-state index contributed by atoms with van der Waals surface area (Å²) in [5.74, 6) is -5.06. The Kier molecular flexibility index (Phi) is 27.3. The normalized spacial score (nSPS) is 26.2. The topological polar surface area (TPSA) is 387 Å². The van der Waals surface area contributed by atoms with Crippen LogP contribution in [0.15, 0.2) is 109 Å². The van der Waals surface area contributed by atoms with Crippen LogP contribution >= 0.6 is 11.6 Å². The Labute approximate surface area is 689 Å². The molecule has 6 fully saturated rings. The van der Waals surface area contributed by atoms with Gasteiger partial charge in [0.05, 0.1) is 57.3 Å². The molecule has 0 aromatic heterocycles. The van der Waals surface area contributed by atoms with Crippen molar-refractivity contribution in [3.05, 3.63) is 154 Å². The number of benzene rings is 4. The molecule has 4 aliphatic carbocycles. The second-order valence-corrected chi connectivity index (χ2v) is 37.1. The van der Waals surface area contributed by atoms with Crippen molar-refractivity contribution in [1.29, 1.82) is 0 Å². The standard InChI is InChI=1S/C39H46FN5O9S.C35H46FN5O9S.C9H9ClO2/c1-53-27-14-12-24(13-15-27)18-34(46)41-32-11-6-4-2-3-5-9-26-20-39(26,37(49)43-55(51,52)29-16-17-29)42-35(47)33-19-28(22-45(33)36(32)48)54-38(50)44-21-25-8-7-10-31(40)30(25)23-44;1-34(2,3)50-32(45)37-27-13-8-6-4-5-7-11-22-17-35(22,31(44)39-51(47,48)24-14-15-24)38-29(42)28-16-23(19-41(28)30(27)43)49-33(46)40-18-21-10-9-12-26(36)25(21)20-40;1-12-8-4-2-7(3-5-8)6-9(10)11/h5,7-10,12-15,26,28-29,32-33H,2-4,6,11,16-23H2,1H3,(H,41,46)(H,42,47)(H,43,49);7,9-12,22-24,27-28H,4-6,8,13-20H2,1-3H3,(H,37,45)(H,38,42)(H,39,44);2-5H,6H2,1H3/b9-5-;11-7-;/t26-,28-,32+,33?,39-;22-,23-,27+,28?,35-;/m11./s1. The van der Waals surface area contributed by atoms with E-state index in [1.165, 1.54) is 31.7 Å². The van der Waals surface area contributed by atoms with Crippen molar-refractivity contribution < 1.29 is 102 Å². The van der Waals surface area contributed by atoms with E-state index in [-0.39, 0.29) is 95.9 Å². The molecule has 636 valence electrons. The maximum Gasteiger partial charge on any atom is 0.410 e. The largest absolute Gasteiger partial charge is 0.497 e. The Hall–Kier alpha value is -10.2. The van der Waals surface area contributed by atoms with Crippen molar-refractivity contribution in [1.82, 2.24) is 50.3 Å². The van der Waals surface area contributed by atoms with Crippen LogP contribution in [-0.2, 0) is 112 Å². The third-order valence-electron chi connectivity index (χ3n) is 22.6. The van der Waals surface area contributed by atoms with Gasteiger partial charge in [0.2, 0.25) is 54.8 Å². The smallest absolute Gasteiger partial charge is 0.410 e. The summed E-state index contributed by atoms with van der Waals surface area (Å²) in [5, 5.41) is 9.46. The van der Waals surface area contributed by atoms with Gasteiger partial charge in [-0.15, -0.1) is 0 Å². The number of fused-ring (bicyclic) bond motifs is 6. The average molecular weight is 1700 g/mol. The number of allylic oxidation sites excluding steroid dienone is 2. The molecule has 0 spiro atoms. The molecule has 2 saturated heterocycles. The molecule has 6 aliphatic heterocycles. The fourth-order valence-electron chi connectivity index (χ4n) is 15.7. The molecule has 10 atom stereocenters. The molecular weight excluding hydrogens is 1590 g/mol. The lowest BCUT2D eigenvalue weighted by atomic mass is 10.0. The second-order valence-electron chi connectivity index (χ2n) is 32.7. The van der Waals surface area contributed by atoms with E-state index >= 15 is 0 Å². The number of methoxy groups -OCH3 is 2. The summed E-state index contributed by atoms with van der Waals surface area (Å²) in [5.41, 5.74) is -0.270. The lowest BCUT2D eigenvalue weighted by Crippen LogP contribution is -2.58. The van der Waals surface area contributed by atoms with Crippen LogP contribution in [0.3, 0.4) is 0 Å². The zero-order valence-corrected chi connectivity index (χ0v) is 68.8. The summed E-state index contributed by atoms with van der Waals surface area (Å²) in [6.07, 6.45) is 11.4. The minimum Gasteiger partial charge on any atom is -0.497 e. The Morgan fingerprint density at radius 1 is 0.542 bits per heavy atom. The summed E-state index contributed by atoms with van der Waals surface area (Å²) in [7, 11) is -4.70. The third kappa shape index (κ3) is 21.8. The van der Waals surface area contributed by atoms with Gasteiger partial charge >= 0.3 is 18.3 Å². The van der Waals surface area contributed by atoms with Gasteiger partial charge in [-0.3, -0.25) is 57.6 Å². The number of halogens is 3. The van der Waals surface area contributed by atoms with E-state index in [0.29, 0.717) is 84.9 Å². The van der Waals surface area contributed by atoms with Gasteiger partial charge in [0.1, 0.15) is 76.2 Å². The van der Waals surface area contributed by atoms with Crippen LogP contribution in [0.1, 0.15) is 170 Å². The molecule has 118 heavy (non-hydrogen) atoms. The molecule has 0 bridgehead atoms. The Morgan fingerprint density at radius 3 is 1.35 bits per heavy atom.